The van der Waals surface area contributed by atoms with E-state index in [-0.39, 0.29) is 37.1 Å². The summed E-state index contributed by atoms with van der Waals surface area (Å²) in [5, 5.41) is 0. The fraction of sp³-hybridized carbons (Fsp3) is 0.667. The standard InChI is InChI=1S/C18H25F3N2O3/c1-12(2)4-8-22-9-5-13(3)15(16(22)24)17(25)23-10-6-14(7-11-23)26-18(19,20)21/h5,9,12,14H,4,6-8,10-11H2,1-3H3. The van der Waals surface area contributed by atoms with Crippen LogP contribution in [0.15, 0.2) is 17.1 Å². The number of carbonyl (C=O) groups is 1. The summed E-state index contributed by atoms with van der Waals surface area (Å²) in [6, 6.07) is 1.73. The molecule has 1 aliphatic heterocycles. The van der Waals surface area contributed by atoms with E-state index in [4.69, 9.17) is 0 Å². The van der Waals surface area contributed by atoms with E-state index in [1.54, 1.807) is 19.2 Å². The summed E-state index contributed by atoms with van der Waals surface area (Å²) < 4.78 is 42.4. The minimum Gasteiger partial charge on any atom is -0.338 e. The summed E-state index contributed by atoms with van der Waals surface area (Å²) >= 11 is 0. The molecule has 0 aliphatic carbocycles. The summed E-state index contributed by atoms with van der Waals surface area (Å²) in [6.45, 7) is 6.61. The predicted octanol–water partition coefficient (Wildman–Crippen LogP) is 3.34. The third-order valence-corrected chi connectivity index (χ3v) is 4.56. The summed E-state index contributed by atoms with van der Waals surface area (Å²) in [6.07, 6.45) is -2.93. The van der Waals surface area contributed by atoms with Crippen LogP contribution >= 0.6 is 0 Å². The van der Waals surface area contributed by atoms with Crippen molar-refractivity contribution in [3.63, 3.8) is 0 Å². The van der Waals surface area contributed by atoms with Gasteiger partial charge in [-0.2, -0.15) is 0 Å². The molecule has 1 fully saturated rings. The van der Waals surface area contributed by atoms with Crippen molar-refractivity contribution in [2.75, 3.05) is 13.1 Å². The molecule has 1 amide bonds. The minimum atomic E-state index is -4.67. The van der Waals surface area contributed by atoms with Gasteiger partial charge in [0.15, 0.2) is 0 Å². The number of ether oxygens (including phenoxy) is 1. The number of nitrogens with zero attached hydrogens (tertiary/aromatic N) is 2. The van der Waals surface area contributed by atoms with Gasteiger partial charge in [0.1, 0.15) is 5.56 Å². The average molecular weight is 374 g/mol. The molecule has 0 aromatic carbocycles. The first kappa shape index (κ1) is 20.5. The van der Waals surface area contributed by atoms with Crippen LogP contribution < -0.4 is 5.56 Å². The molecule has 26 heavy (non-hydrogen) atoms. The van der Waals surface area contributed by atoms with Crippen molar-refractivity contribution in [3.05, 3.63) is 33.7 Å². The van der Waals surface area contributed by atoms with Crippen LogP contribution in [0.4, 0.5) is 13.2 Å². The second-order valence-corrected chi connectivity index (χ2v) is 7.11. The molecule has 0 N–H and O–H groups in total. The highest BCUT2D eigenvalue weighted by atomic mass is 19.4. The fourth-order valence-corrected chi connectivity index (χ4v) is 3.02. The lowest BCUT2D eigenvalue weighted by Gasteiger charge is -2.32. The van der Waals surface area contributed by atoms with Crippen molar-refractivity contribution in [2.45, 2.75) is 59.0 Å². The van der Waals surface area contributed by atoms with E-state index in [2.05, 4.69) is 18.6 Å². The van der Waals surface area contributed by atoms with Gasteiger partial charge in [0.05, 0.1) is 6.10 Å². The van der Waals surface area contributed by atoms with Gasteiger partial charge >= 0.3 is 6.36 Å². The first-order valence-corrected chi connectivity index (χ1v) is 8.82. The third-order valence-electron chi connectivity index (χ3n) is 4.56. The van der Waals surface area contributed by atoms with Crippen molar-refractivity contribution in [2.24, 2.45) is 5.92 Å². The molecule has 1 aliphatic rings. The molecule has 1 aromatic rings. The Morgan fingerprint density at radius 1 is 1.31 bits per heavy atom. The van der Waals surface area contributed by atoms with Crippen LogP contribution in [-0.4, -0.2) is 40.9 Å². The van der Waals surface area contributed by atoms with Crippen LogP contribution in [0, 0.1) is 12.8 Å². The molecule has 0 saturated carbocycles. The lowest BCUT2D eigenvalue weighted by Crippen LogP contribution is -2.44. The van der Waals surface area contributed by atoms with Gasteiger partial charge in [-0.3, -0.25) is 14.3 Å². The van der Waals surface area contributed by atoms with Gasteiger partial charge < -0.3 is 9.47 Å². The molecule has 2 rings (SSSR count). The third kappa shape index (κ3) is 5.33. The van der Waals surface area contributed by atoms with Crippen LogP contribution in [0.3, 0.4) is 0 Å². The van der Waals surface area contributed by atoms with Crippen molar-refractivity contribution in [3.8, 4) is 0 Å². The van der Waals surface area contributed by atoms with E-state index in [0.717, 1.165) is 6.42 Å². The number of piperidine rings is 1. The number of hydrogen-bond donors (Lipinski definition) is 0. The molecule has 8 heteroatoms. The van der Waals surface area contributed by atoms with Gasteiger partial charge in [-0.05, 0) is 43.7 Å². The van der Waals surface area contributed by atoms with Crippen LogP contribution in [0.25, 0.3) is 0 Å². The molecule has 1 saturated heterocycles. The minimum absolute atomic E-state index is 0.0959. The number of aryl methyl sites for hydroxylation is 2. The van der Waals surface area contributed by atoms with Crippen molar-refractivity contribution in [1.82, 2.24) is 9.47 Å². The van der Waals surface area contributed by atoms with Gasteiger partial charge in [0.2, 0.25) is 0 Å². The zero-order valence-electron chi connectivity index (χ0n) is 15.3. The van der Waals surface area contributed by atoms with E-state index in [1.807, 2.05) is 0 Å². The maximum absolute atomic E-state index is 12.8. The quantitative estimate of drug-likeness (QED) is 0.794. The number of alkyl halides is 3. The Labute approximate surface area is 150 Å². The van der Waals surface area contributed by atoms with Gasteiger partial charge in [0.25, 0.3) is 11.5 Å². The van der Waals surface area contributed by atoms with E-state index < -0.39 is 18.4 Å². The number of pyridine rings is 1. The number of amides is 1. The topological polar surface area (TPSA) is 51.5 Å². The van der Waals surface area contributed by atoms with Gasteiger partial charge in [-0.15, -0.1) is 13.2 Å². The maximum atomic E-state index is 12.8. The molecule has 146 valence electrons. The van der Waals surface area contributed by atoms with Gasteiger partial charge in [-0.25, -0.2) is 0 Å². The Balaban J connectivity index is 2.10. The van der Waals surface area contributed by atoms with Crippen LogP contribution in [0.5, 0.6) is 0 Å². The summed E-state index contributed by atoms with van der Waals surface area (Å²) in [5.41, 5.74) is 0.338. The van der Waals surface area contributed by atoms with Gasteiger partial charge in [-0.1, -0.05) is 13.8 Å². The Hall–Kier alpha value is -1.83. The normalized spacial score (nSPS) is 16.3. The monoisotopic (exact) mass is 374 g/mol. The molecular formula is C18H25F3N2O3. The molecule has 0 bridgehead atoms. The molecular weight excluding hydrogens is 349 g/mol. The lowest BCUT2D eigenvalue weighted by molar-refractivity contribution is -0.345. The number of likely N-dealkylation sites (tertiary alicyclic amines) is 1. The SMILES string of the molecule is Cc1ccn(CCC(C)C)c(=O)c1C(=O)N1CCC(OC(F)(F)F)CC1. The first-order valence-electron chi connectivity index (χ1n) is 8.82. The highest BCUT2D eigenvalue weighted by molar-refractivity contribution is 5.95. The van der Waals surface area contributed by atoms with Crippen molar-refractivity contribution in [1.29, 1.82) is 0 Å². The highest BCUT2D eigenvalue weighted by Gasteiger charge is 2.36. The second-order valence-electron chi connectivity index (χ2n) is 7.11. The Kier molecular flexibility index (Phi) is 6.49. The van der Waals surface area contributed by atoms with Crippen molar-refractivity contribution < 1.29 is 22.7 Å². The maximum Gasteiger partial charge on any atom is 0.522 e. The molecule has 0 atom stereocenters. The smallest absolute Gasteiger partial charge is 0.338 e. The molecule has 0 spiro atoms. The number of halogens is 3. The summed E-state index contributed by atoms with van der Waals surface area (Å²) in [7, 11) is 0. The zero-order valence-corrected chi connectivity index (χ0v) is 15.3. The van der Waals surface area contributed by atoms with E-state index in [1.165, 1.54) is 9.47 Å². The number of aromatic nitrogens is 1. The van der Waals surface area contributed by atoms with Crippen molar-refractivity contribution >= 4 is 5.91 Å². The lowest BCUT2D eigenvalue weighted by atomic mass is 10.0. The van der Waals surface area contributed by atoms with Crippen LogP contribution in [-0.2, 0) is 11.3 Å². The molecule has 0 unspecified atom stereocenters. The first-order chi connectivity index (χ1) is 12.1. The second kappa shape index (κ2) is 8.24. The highest BCUT2D eigenvalue weighted by Crippen LogP contribution is 2.25. The predicted molar refractivity (Wildman–Crippen MR) is 91.0 cm³/mol. The Morgan fingerprint density at radius 3 is 2.46 bits per heavy atom. The summed E-state index contributed by atoms with van der Waals surface area (Å²) in [5.74, 6) is 0.00636. The van der Waals surface area contributed by atoms with E-state index in [0.29, 0.717) is 18.0 Å². The Morgan fingerprint density at radius 2 is 1.92 bits per heavy atom. The fourth-order valence-electron chi connectivity index (χ4n) is 3.02. The summed E-state index contributed by atoms with van der Waals surface area (Å²) in [4.78, 5) is 26.9. The number of rotatable bonds is 5. The molecule has 1 aromatic heterocycles. The number of carbonyl (C=O) groups excluding carboxylic acids is 1. The molecule has 0 radical (unpaired) electrons. The van der Waals surface area contributed by atoms with E-state index in [9.17, 15) is 22.8 Å². The number of hydrogen-bond acceptors (Lipinski definition) is 3. The van der Waals surface area contributed by atoms with Crippen LogP contribution in [0.2, 0.25) is 0 Å². The molecule has 2 heterocycles. The Bertz CT molecular complexity index is 690. The van der Waals surface area contributed by atoms with Gasteiger partial charge in [0, 0.05) is 25.8 Å². The average Bonchev–Trinajstić information content (AvgIpc) is 2.53. The largest absolute Gasteiger partial charge is 0.522 e. The molecule has 5 nitrogen and oxygen atoms in total. The van der Waals surface area contributed by atoms with Crippen LogP contribution in [0.1, 0.15) is 49.0 Å². The van der Waals surface area contributed by atoms with E-state index >= 15 is 0 Å². The zero-order chi connectivity index (χ0) is 19.5.